The number of morpholine rings is 1. The van der Waals surface area contributed by atoms with Crippen LogP contribution >= 0.6 is 0 Å². The standard InChI is InChI=1S/C14H29N3O3S/c1-13-5-4-6-17(11-13)21(18,19)15-12-14(2,3)16-7-9-20-10-8-16/h13,15H,4-12H2,1-3H3. The van der Waals surface area contributed by atoms with Crippen LogP contribution in [0.4, 0.5) is 0 Å². The molecule has 2 saturated heterocycles. The fraction of sp³-hybridized carbons (Fsp3) is 1.00. The Balaban J connectivity index is 1.90. The van der Waals surface area contributed by atoms with Gasteiger partial charge in [0.15, 0.2) is 0 Å². The molecule has 0 aromatic rings. The van der Waals surface area contributed by atoms with Gasteiger partial charge in [-0.15, -0.1) is 0 Å². The van der Waals surface area contributed by atoms with Gasteiger partial charge in [0.2, 0.25) is 0 Å². The SMILES string of the molecule is CC1CCCN(S(=O)(=O)NCC(C)(C)N2CCOCC2)C1. The van der Waals surface area contributed by atoms with Crippen molar-refractivity contribution in [3.05, 3.63) is 0 Å². The van der Waals surface area contributed by atoms with Crippen molar-refractivity contribution >= 4 is 10.2 Å². The van der Waals surface area contributed by atoms with E-state index in [0.29, 0.717) is 25.6 Å². The minimum atomic E-state index is -3.36. The maximum Gasteiger partial charge on any atom is 0.279 e. The molecule has 0 aromatic heterocycles. The van der Waals surface area contributed by atoms with Crippen LogP contribution in [-0.4, -0.2) is 69.1 Å². The normalized spacial score (nSPS) is 26.9. The Hall–Kier alpha value is -0.210. The van der Waals surface area contributed by atoms with E-state index in [4.69, 9.17) is 4.74 Å². The monoisotopic (exact) mass is 319 g/mol. The second-order valence-electron chi connectivity index (χ2n) is 6.84. The highest BCUT2D eigenvalue weighted by Gasteiger charge is 2.32. The van der Waals surface area contributed by atoms with Crippen molar-refractivity contribution in [1.29, 1.82) is 0 Å². The van der Waals surface area contributed by atoms with Crippen LogP contribution in [0.25, 0.3) is 0 Å². The van der Waals surface area contributed by atoms with Crippen molar-refractivity contribution in [2.24, 2.45) is 5.92 Å². The number of nitrogens with one attached hydrogen (secondary N) is 1. The van der Waals surface area contributed by atoms with Gasteiger partial charge < -0.3 is 4.74 Å². The zero-order chi connectivity index (χ0) is 15.5. The van der Waals surface area contributed by atoms with Crippen LogP contribution in [-0.2, 0) is 14.9 Å². The predicted molar refractivity (Wildman–Crippen MR) is 83.4 cm³/mol. The highest BCUT2D eigenvalue weighted by atomic mass is 32.2. The van der Waals surface area contributed by atoms with Crippen molar-refractivity contribution < 1.29 is 13.2 Å². The fourth-order valence-electron chi connectivity index (χ4n) is 3.00. The Morgan fingerprint density at radius 3 is 2.52 bits per heavy atom. The summed E-state index contributed by atoms with van der Waals surface area (Å²) in [5, 5.41) is 0. The van der Waals surface area contributed by atoms with Gasteiger partial charge in [-0.2, -0.15) is 12.7 Å². The summed E-state index contributed by atoms with van der Waals surface area (Å²) < 4.78 is 34.6. The highest BCUT2D eigenvalue weighted by molar-refractivity contribution is 7.87. The van der Waals surface area contributed by atoms with E-state index in [1.54, 1.807) is 4.31 Å². The van der Waals surface area contributed by atoms with Gasteiger partial charge >= 0.3 is 0 Å². The van der Waals surface area contributed by atoms with Gasteiger partial charge in [0.1, 0.15) is 0 Å². The second kappa shape index (κ2) is 6.91. The lowest BCUT2D eigenvalue weighted by Crippen LogP contribution is -2.57. The molecular formula is C14H29N3O3S. The van der Waals surface area contributed by atoms with Crippen molar-refractivity contribution in [1.82, 2.24) is 13.9 Å². The third-order valence-corrected chi connectivity index (χ3v) is 6.03. The fourth-order valence-corrected chi connectivity index (χ4v) is 4.54. The molecule has 1 atom stereocenters. The van der Waals surface area contributed by atoms with Crippen molar-refractivity contribution in [3.63, 3.8) is 0 Å². The van der Waals surface area contributed by atoms with Crippen LogP contribution in [0.3, 0.4) is 0 Å². The smallest absolute Gasteiger partial charge is 0.279 e. The van der Waals surface area contributed by atoms with E-state index in [-0.39, 0.29) is 5.54 Å². The molecule has 0 bridgehead atoms. The zero-order valence-corrected chi connectivity index (χ0v) is 14.3. The molecule has 7 heteroatoms. The van der Waals surface area contributed by atoms with Crippen molar-refractivity contribution in [2.75, 3.05) is 45.9 Å². The zero-order valence-electron chi connectivity index (χ0n) is 13.5. The lowest BCUT2D eigenvalue weighted by Gasteiger charge is -2.41. The average Bonchev–Trinajstić information content (AvgIpc) is 2.46. The maximum atomic E-state index is 12.4. The van der Waals surface area contributed by atoms with Crippen LogP contribution < -0.4 is 4.72 Å². The molecule has 2 aliphatic rings. The summed E-state index contributed by atoms with van der Waals surface area (Å²) in [6.07, 6.45) is 2.07. The van der Waals surface area contributed by atoms with Crippen LogP contribution in [0.15, 0.2) is 0 Å². The molecule has 2 aliphatic heterocycles. The molecular weight excluding hydrogens is 290 g/mol. The third kappa shape index (κ3) is 4.63. The molecule has 1 unspecified atom stereocenters. The Kier molecular flexibility index (Phi) is 5.65. The molecule has 0 amide bonds. The lowest BCUT2D eigenvalue weighted by molar-refractivity contribution is -0.00815. The summed E-state index contributed by atoms with van der Waals surface area (Å²) in [6, 6.07) is 0. The first-order valence-corrected chi connectivity index (χ1v) is 9.33. The number of hydrogen-bond acceptors (Lipinski definition) is 4. The Bertz CT molecular complexity index is 433. The molecule has 1 N–H and O–H groups in total. The van der Waals surface area contributed by atoms with Crippen molar-refractivity contribution in [3.8, 4) is 0 Å². The molecule has 2 rings (SSSR count). The summed E-state index contributed by atoms with van der Waals surface area (Å²) in [5.41, 5.74) is -0.196. The maximum absolute atomic E-state index is 12.4. The van der Waals surface area contributed by atoms with Crippen LogP contribution in [0.5, 0.6) is 0 Å². The molecule has 2 heterocycles. The molecule has 0 radical (unpaired) electrons. The first kappa shape index (κ1) is 17.1. The van der Waals surface area contributed by atoms with Crippen molar-refractivity contribution in [2.45, 2.75) is 39.2 Å². The van der Waals surface area contributed by atoms with E-state index in [1.165, 1.54) is 0 Å². The van der Waals surface area contributed by atoms with Gasteiger partial charge in [-0.3, -0.25) is 4.90 Å². The molecule has 0 saturated carbocycles. The summed E-state index contributed by atoms with van der Waals surface area (Å²) in [6.45, 7) is 11.1. The first-order valence-electron chi connectivity index (χ1n) is 7.89. The minimum absolute atomic E-state index is 0.196. The molecule has 0 aliphatic carbocycles. The minimum Gasteiger partial charge on any atom is -0.379 e. The van der Waals surface area contributed by atoms with Gasteiger partial charge in [-0.1, -0.05) is 6.92 Å². The number of nitrogens with zero attached hydrogens (tertiary/aromatic N) is 2. The predicted octanol–water partition coefficient (Wildman–Crippen LogP) is 0.664. The van der Waals surface area contributed by atoms with E-state index in [2.05, 4.69) is 30.4 Å². The van der Waals surface area contributed by atoms with Gasteiger partial charge in [-0.05, 0) is 32.6 Å². The lowest BCUT2D eigenvalue weighted by atomic mass is 10.0. The summed E-state index contributed by atoms with van der Waals surface area (Å²) in [4.78, 5) is 2.29. The number of ether oxygens (including phenoxy) is 1. The van der Waals surface area contributed by atoms with E-state index in [0.717, 1.165) is 39.1 Å². The van der Waals surface area contributed by atoms with Crippen LogP contribution in [0, 0.1) is 5.92 Å². The molecule has 124 valence electrons. The number of hydrogen-bond donors (Lipinski definition) is 1. The largest absolute Gasteiger partial charge is 0.379 e. The van der Waals surface area contributed by atoms with Crippen LogP contribution in [0.2, 0.25) is 0 Å². The molecule has 0 aromatic carbocycles. The number of piperidine rings is 1. The molecule has 6 nitrogen and oxygen atoms in total. The van der Waals surface area contributed by atoms with Crippen LogP contribution in [0.1, 0.15) is 33.6 Å². The van der Waals surface area contributed by atoms with Gasteiger partial charge in [0.05, 0.1) is 13.2 Å². The summed E-state index contributed by atoms with van der Waals surface area (Å²) >= 11 is 0. The average molecular weight is 319 g/mol. The van der Waals surface area contributed by atoms with E-state index in [9.17, 15) is 8.42 Å². The summed E-state index contributed by atoms with van der Waals surface area (Å²) in [7, 11) is -3.36. The van der Waals surface area contributed by atoms with Gasteiger partial charge in [-0.25, -0.2) is 4.72 Å². The molecule has 2 fully saturated rings. The van der Waals surface area contributed by atoms with E-state index >= 15 is 0 Å². The topological polar surface area (TPSA) is 61.9 Å². The molecule has 0 spiro atoms. The first-order chi connectivity index (χ1) is 9.81. The quantitative estimate of drug-likeness (QED) is 0.809. The Morgan fingerprint density at radius 1 is 1.24 bits per heavy atom. The Labute approximate surface area is 129 Å². The van der Waals surface area contributed by atoms with E-state index < -0.39 is 10.2 Å². The third-order valence-electron chi connectivity index (χ3n) is 4.51. The number of rotatable bonds is 5. The van der Waals surface area contributed by atoms with Gasteiger partial charge in [0.25, 0.3) is 10.2 Å². The second-order valence-corrected chi connectivity index (χ2v) is 8.60. The van der Waals surface area contributed by atoms with E-state index in [1.807, 2.05) is 0 Å². The van der Waals surface area contributed by atoms with Gasteiger partial charge in [0, 0.05) is 38.3 Å². The Morgan fingerprint density at radius 2 is 1.90 bits per heavy atom. The highest BCUT2D eigenvalue weighted by Crippen LogP contribution is 2.19. The summed E-state index contributed by atoms with van der Waals surface area (Å²) in [5.74, 6) is 0.447. The molecule has 21 heavy (non-hydrogen) atoms.